The Morgan fingerprint density at radius 1 is 1.19 bits per heavy atom. The zero-order chi connectivity index (χ0) is 27.2. The SMILES string of the molecule is CN(Cc1cccc(F)c1Cl)[C@@H](COC(=O)Nc1cc2cc(F)ccc2cn1)C[C@@H](O)COP(=O)(O)O. The summed E-state index contributed by atoms with van der Waals surface area (Å²) in [5.74, 6) is -0.940. The van der Waals surface area contributed by atoms with Crippen molar-refractivity contribution in [3.05, 3.63) is 70.9 Å². The third-order valence-corrected chi connectivity index (χ3v) is 6.28. The van der Waals surface area contributed by atoms with Gasteiger partial charge in [0.05, 0.1) is 17.7 Å². The van der Waals surface area contributed by atoms with Gasteiger partial charge in [0.15, 0.2) is 0 Å². The fourth-order valence-corrected chi connectivity index (χ4v) is 4.05. The van der Waals surface area contributed by atoms with E-state index in [2.05, 4.69) is 14.8 Å². The number of benzene rings is 2. The number of halogens is 3. The van der Waals surface area contributed by atoms with Crippen molar-refractivity contribution in [2.75, 3.05) is 25.6 Å². The molecule has 3 aromatic rings. The van der Waals surface area contributed by atoms with E-state index in [0.717, 1.165) is 0 Å². The lowest BCUT2D eigenvalue weighted by Crippen LogP contribution is -2.40. The van der Waals surface area contributed by atoms with Crippen LogP contribution in [0.2, 0.25) is 5.02 Å². The zero-order valence-corrected chi connectivity index (χ0v) is 21.2. The Morgan fingerprint density at radius 2 is 1.95 bits per heavy atom. The number of rotatable bonds is 11. The van der Waals surface area contributed by atoms with E-state index < -0.39 is 44.3 Å². The van der Waals surface area contributed by atoms with Gasteiger partial charge in [-0.3, -0.25) is 14.7 Å². The van der Waals surface area contributed by atoms with Gasteiger partial charge >= 0.3 is 13.9 Å². The number of aromatic nitrogens is 1. The van der Waals surface area contributed by atoms with Crippen LogP contribution in [0.25, 0.3) is 10.8 Å². The first-order valence-corrected chi connectivity index (χ1v) is 12.8. The molecular weight excluding hydrogens is 535 g/mol. The van der Waals surface area contributed by atoms with Gasteiger partial charge in [-0.05, 0) is 54.8 Å². The first kappa shape index (κ1) is 28.9. The smallest absolute Gasteiger partial charge is 0.448 e. The molecular formula is C23H25ClF2N3O7P. The number of anilines is 1. The molecule has 37 heavy (non-hydrogen) atoms. The Bertz CT molecular complexity index is 1300. The second-order valence-corrected chi connectivity index (χ2v) is 9.86. The predicted molar refractivity (Wildman–Crippen MR) is 132 cm³/mol. The fraction of sp³-hybridized carbons (Fsp3) is 0.304. The van der Waals surface area contributed by atoms with Crippen molar-refractivity contribution in [1.82, 2.24) is 9.88 Å². The Balaban J connectivity index is 1.67. The Morgan fingerprint density at radius 3 is 2.68 bits per heavy atom. The van der Waals surface area contributed by atoms with E-state index in [1.54, 1.807) is 24.1 Å². The molecule has 14 heteroatoms. The van der Waals surface area contributed by atoms with E-state index in [4.69, 9.17) is 26.1 Å². The molecule has 0 bridgehead atoms. The molecule has 3 rings (SSSR count). The van der Waals surface area contributed by atoms with Gasteiger partial charge in [0.25, 0.3) is 0 Å². The standard InChI is InChI=1S/C23H25ClF2N3O7P/c1-29(11-15-3-2-4-20(26)22(15)24)18(9-19(30)13-36-37(32,33)34)12-35-23(31)28-21-8-16-7-17(25)6-5-14(16)10-27-21/h2-8,10,18-19,30H,9,11-13H2,1H3,(H,27,28,31)(H2,32,33,34)/t18-,19-/m1/s1. The summed E-state index contributed by atoms with van der Waals surface area (Å²) in [5, 5.41) is 13.8. The van der Waals surface area contributed by atoms with Crippen molar-refractivity contribution in [2.24, 2.45) is 0 Å². The number of hydrogen-bond acceptors (Lipinski definition) is 7. The average Bonchev–Trinajstić information content (AvgIpc) is 2.82. The minimum atomic E-state index is -4.80. The van der Waals surface area contributed by atoms with Crippen LogP contribution in [0.4, 0.5) is 19.4 Å². The quantitative estimate of drug-likeness (QED) is 0.256. The van der Waals surface area contributed by atoms with Gasteiger partial charge in [-0.25, -0.2) is 23.1 Å². The van der Waals surface area contributed by atoms with Crippen LogP contribution in [0.5, 0.6) is 0 Å². The van der Waals surface area contributed by atoms with E-state index in [0.29, 0.717) is 16.3 Å². The van der Waals surface area contributed by atoms with Gasteiger partial charge in [0.2, 0.25) is 0 Å². The number of nitrogens with one attached hydrogen (secondary N) is 1. The number of fused-ring (bicyclic) bond motifs is 1. The lowest BCUT2D eigenvalue weighted by Gasteiger charge is -2.29. The fourth-order valence-electron chi connectivity index (χ4n) is 3.50. The maximum absolute atomic E-state index is 13.8. The molecule has 0 aliphatic heterocycles. The van der Waals surface area contributed by atoms with Crippen molar-refractivity contribution < 1.29 is 42.3 Å². The van der Waals surface area contributed by atoms with Crippen molar-refractivity contribution in [1.29, 1.82) is 0 Å². The number of amides is 1. The second kappa shape index (κ2) is 12.7. The van der Waals surface area contributed by atoms with E-state index in [1.165, 1.54) is 36.5 Å². The molecule has 0 radical (unpaired) electrons. The van der Waals surface area contributed by atoms with Crippen LogP contribution in [-0.4, -0.2) is 63.3 Å². The molecule has 200 valence electrons. The Hall–Kier alpha value is -2.70. The number of pyridine rings is 1. The largest absolute Gasteiger partial charge is 0.469 e. The molecule has 2 atom stereocenters. The number of nitrogens with zero attached hydrogens (tertiary/aromatic N) is 2. The molecule has 0 aliphatic rings. The number of phosphoric ester groups is 1. The van der Waals surface area contributed by atoms with Crippen molar-refractivity contribution in [3.63, 3.8) is 0 Å². The maximum atomic E-state index is 13.8. The molecule has 1 aromatic heterocycles. The summed E-state index contributed by atoms with van der Waals surface area (Å²) in [5.41, 5.74) is 0.437. The number of aliphatic hydroxyl groups excluding tert-OH is 1. The number of likely N-dealkylation sites (N-methyl/N-ethyl adjacent to an activating group) is 1. The minimum Gasteiger partial charge on any atom is -0.448 e. The summed E-state index contributed by atoms with van der Waals surface area (Å²) in [6.45, 7) is -0.834. The zero-order valence-electron chi connectivity index (χ0n) is 19.6. The van der Waals surface area contributed by atoms with Gasteiger partial charge in [-0.2, -0.15) is 0 Å². The van der Waals surface area contributed by atoms with Crippen LogP contribution in [0.3, 0.4) is 0 Å². The topological polar surface area (TPSA) is 141 Å². The number of ether oxygens (including phenoxy) is 1. The lowest BCUT2D eigenvalue weighted by molar-refractivity contribution is 0.0363. The van der Waals surface area contributed by atoms with E-state index in [-0.39, 0.29) is 30.4 Å². The second-order valence-electron chi connectivity index (χ2n) is 8.24. The molecule has 0 saturated heterocycles. The number of aliphatic hydroxyl groups is 1. The number of carbonyl (C=O) groups is 1. The molecule has 10 nitrogen and oxygen atoms in total. The van der Waals surface area contributed by atoms with E-state index in [1.807, 2.05) is 0 Å². The molecule has 1 heterocycles. The van der Waals surface area contributed by atoms with Crippen LogP contribution in [0.15, 0.2) is 48.7 Å². The highest BCUT2D eigenvalue weighted by atomic mass is 35.5. The van der Waals surface area contributed by atoms with Gasteiger partial charge in [0.1, 0.15) is 24.1 Å². The third kappa shape index (κ3) is 8.97. The van der Waals surface area contributed by atoms with Crippen LogP contribution in [0, 0.1) is 11.6 Å². The average molecular weight is 560 g/mol. The van der Waals surface area contributed by atoms with Gasteiger partial charge in [0, 0.05) is 24.2 Å². The highest BCUT2D eigenvalue weighted by Gasteiger charge is 2.25. The molecule has 0 fully saturated rings. The van der Waals surface area contributed by atoms with Crippen LogP contribution in [0.1, 0.15) is 12.0 Å². The first-order chi connectivity index (χ1) is 17.4. The molecule has 4 N–H and O–H groups in total. The van der Waals surface area contributed by atoms with E-state index in [9.17, 15) is 23.2 Å². The predicted octanol–water partition coefficient (Wildman–Crippen LogP) is 4.08. The number of hydrogen-bond donors (Lipinski definition) is 4. The van der Waals surface area contributed by atoms with Gasteiger partial charge in [-0.1, -0.05) is 23.7 Å². The number of carbonyl (C=O) groups excluding carboxylic acids is 1. The lowest BCUT2D eigenvalue weighted by atomic mass is 10.1. The summed E-state index contributed by atoms with van der Waals surface area (Å²) < 4.78 is 47.9. The third-order valence-electron chi connectivity index (χ3n) is 5.37. The maximum Gasteiger partial charge on any atom is 0.469 e. The minimum absolute atomic E-state index is 0.0871. The molecule has 1 amide bonds. The van der Waals surface area contributed by atoms with Crippen LogP contribution in [-0.2, 0) is 20.4 Å². The van der Waals surface area contributed by atoms with Gasteiger partial charge in [-0.15, -0.1) is 0 Å². The first-order valence-electron chi connectivity index (χ1n) is 10.9. The number of phosphoric acid groups is 1. The van der Waals surface area contributed by atoms with Crippen molar-refractivity contribution >= 4 is 42.1 Å². The molecule has 0 unspecified atom stereocenters. The van der Waals surface area contributed by atoms with E-state index >= 15 is 0 Å². The molecule has 2 aromatic carbocycles. The van der Waals surface area contributed by atoms with Crippen molar-refractivity contribution in [2.45, 2.75) is 25.1 Å². The summed E-state index contributed by atoms with van der Waals surface area (Å²) >= 11 is 6.03. The van der Waals surface area contributed by atoms with Crippen LogP contribution < -0.4 is 5.32 Å². The summed E-state index contributed by atoms with van der Waals surface area (Å²) in [6.07, 6.45) is -0.871. The van der Waals surface area contributed by atoms with Crippen LogP contribution >= 0.6 is 19.4 Å². The highest BCUT2D eigenvalue weighted by molar-refractivity contribution is 7.46. The van der Waals surface area contributed by atoms with Crippen molar-refractivity contribution in [3.8, 4) is 0 Å². The summed E-state index contributed by atoms with van der Waals surface area (Å²) in [4.78, 5) is 35.9. The molecule has 0 spiro atoms. The molecule has 0 aliphatic carbocycles. The highest BCUT2D eigenvalue weighted by Crippen LogP contribution is 2.36. The normalized spacial score (nSPS) is 13.5. The Kier molecular flexibility index (Phi) is 9.91. The summed E-state index contributed by atoms with van der Waals surface area (Å²) in [6, 6.07) is 9.19. The molecule has 0 saturated carbocycles. The monoisotopic (exact) mass is 559 g/mol. The van der Waals surface area contributed by atoms with Gasteiger partial charge < -0.3 is 19.6 Å². The summed E-state index contributed by atoms with van der Waals surface area (Å²) in [7, 11) is -3.19. The Labute approximate surface area is 216 Å².